The molecule has 3 aromatic carbocycles. The number of para-hydroxylation sites is 1. The van der Waals surface area contributed by atoms with Crippen LogP contribution in [0.5, 0.6) is 0 Å². The fourth-order valence-corrected chi connectivity index (χ4v) is 5.07. The number of thiazole rings is 1. The molecule has 0 radical (unpaired) electrons. The number of aromatic nitrogens is 2. The topological polar surface area (TPSA) is 149 Å². The highest BCUT2D eigenvalue weighted by Gasteiger charge is 2.09. The zero-order valence-corrected chi connectivity index (χ0v) is 22.2. The summed E-state index contributed by atoms with van der Waals surface area (Å²) in [6.07, 6.45) is 3.97. The summed E-state index contributed by atoms with van der Waals surface area (Å²) < 4.78 is 4.99. The Balaban J connectivity index is 0.00000220. The summed E-state index contributed by atoms with van der Waals surface area (Å²) in [6, 6.07) is 27.7. The van der Waals surface area contributed by atoms with Crippen molar-refractivity contribution in [3.05, 3.63) is 145 Å². The van der Waals surface area contributed by atoms with Gasteiger partial charge in [0.15, 0.2) is 4.80 Å². The molecule has 0 saturated heterocycles. The Kier molecular flexibility index (Phi) is 9.36. The van der Waals surface area contributed by atoms with E-state index in [2.05, 4.69) is 17.7 Å². The minimum Gasteiger partial charge on any atom is -0.508 e. The second-order valence-corrected chi connectivity index (χ2v) is 9.60. The number of nitro benzene ring substituents is 1. The number of non-ortho nitro benzene ring substituents is 1. The third-order valence-electron chi connectivity index (χ3n) is 6.05. The van der Waals surface area contributed by atoms with Crippen molar-refractivity contribution in [3.8, 4) is 5.69 Å². The van der Waals surface area contributed by atoms with Gasteiger partial charge in [0.25, 0.3) is 5.69 Å². The Morgan fingerprint density at radius 1 is 0.975 bits per heavy atom. The quantitative estimate of drug-likeness (QED) is 0.185. The lowest BCUT2D eigenvalue weighted by molar-refractivity contribution is -0.384. The molecule has 0 amide bonds. The standard InChI is InChI=1S/C30H24N4O3S.2H2O/c1-21-29(19-28-9-6-18-32(28)26-14-16-27(17-15-26)34(36)37)38-30(31-25-7-4-3-5-8-25)33(21)20-23-10-12-24(13-11-23)22(2)35;;/h3-19,35H,1-2,20H2;2*1H2/b29-19-,31-30?;;. The third-order valence-corrected chi connectivity index (χ3v) is 7.12. The molecule has 0 fully saturated rings. The number of hydrogen-bond acceptors (Lipinski definition) is 5. The maximum absolute atomic E-state index is 11.0. The number of aliphatic hydroxyl groups is 1. The van der Waals surface area contributed by atoms with Gasteiger partial charge in [0.1, 0.15) is 5.76 Å². The highest BCUT2D eigenvalue weighted by atomic mass is 32.1. The molecule has 2 aromatic heterocycles. The highest BCUT2D eigenvalue weighted by Crippen LogP contribution is 2.18. The second kappa shape index (κ2) is 12.7. The zero-order valence-electron chi connectivity index (χ0n) is 21.4. The van der Waals surface area contributed by atoms with Gasteiger partial charge in [-0.15, -0.1) is 0 Å². The molecule has 0 spiro atoms. The molecule has 0 unspecified atom stereocenters. The summed E-state index contributed by atoms with van der Waals surface area (Å²) in [5.74, 6) is 0.0326. The number of aliphatic hydroxyl groups excluding tert-OH is 1. The van der Waals surface area contributed by atoms with Crippen LogP contribution in [0.2, 0.25) is 0 Å². The summed E-state index contributed by atoms with van der Waals surface area (Å²) in [4.78, 5) is 16.3. The number of hydrogen-bond donors (Lipinski definition) is 1. The molecule has 0 aliphatic carbocycles. The van der Waals surface area contributed by atoms with Crippen molar-refractivity contribution < 1.29 is 21.0 Å². The van der Waals surface area contributed by atoms with E-state index in [1.807, 2.05) is 83.6 Å². The van der Waals surface area contributed by atoms with Gasteiger partial charge >= 0.3 is 0 Å². The Labute approximate surface area is 233 Å². The van der Waals surface area contributed by atoms with Crippen molar-refractivity contribution >= 4 is 41.1 Å². The van der Waals surface area contributed by atoms with Crippen LogP contribution in [0.15, 0.2) is 109 Å². The Morgan fingerprint density at radius 2 is 1.65 bits per heavy atom. The van der Waals surface area contributed by atoms with Gasteiger partial charge in [-0.1, -0.05) is 67.0 Å². The maximum atomic E-state index is 11.0. The van der Waals surface area contributed by atoms with Gasteiger partial charge in [-0.2, -0.15) is 0 Å². The molecule has 9 nitrogen and oxygen atoms in total. The Morgan fingerprint density at radius 3 is 2.27 bits per heavy atom. The van der Waals surface area contributed by atoms with E-state index in [1.165, 1.54) is 23.5 Å². The summed E-state index contributed by atoms with van der Waals surface area (Å²) in [5, 5.41) is 21.5. The molecule has 5 rings (SSSR count). The lowest BCUT2D eigenvalue weighted by Gasteiger charge is -2.06. The normalized spacial score (nSPS) is 11.5. The molecule has 0 aliphatic rings. The average molecular weight is 557 g/mol. The van der Waals surface area contributed by atoms with Crippen molar-refractivity contribution in [2.24, 2.45) is 4.99 Å². The fraction of sp³-hybridized carbons (Fsp3) is 0.0333. The molecule has 10 heteroatoms. The molecule has 5 N–H and O–H groups in total. The van der Waals surface area contributed by atoms with Gasteiger partial charge in [0.05, 0.1) is 27.0 Å². The van der Waals surface area contributed by atoms with Crippen LogP contribution in [0.4, 0.5) is 11.4 Å². The van der Waals surface area contributed by atoms with Gasteiger partial charge in [-0.3, -0.25) is 10.1 Å². The van der Waals surface area contributed by atoms with E-state index in [0.717, 1.165) is 37.3 Å². The Hall–Kier alpha value is -5.03. The lowest BCUT2D eigenvalue weighted by atomic mass is 10.1. The largest absolute Gasteiger partial charge is 0.508 e. The predicted octanol–water partition coefficient (Wildman–Crippen LogP) is 3.65. The zero-order chi connectivity index (χ0) is 26.6. The van der Waals surface area contributed by atoms with Gasteiger partial charge in [0.2, 0.25) is 0 Å². The van der Waals surface area contributed by atoms with Crippen LogP contribution in [0.25, 0.3) is 24.1 Å². The second-order valence-electron chi connectivity index (χ2n) is 8.59. The van der Waals surface area contributed by atoms with E-state index in [0.29, 0.717) is 12.1 Å². The molecule has 2 heterocycles. The first-order valence-corrected chi connectivity index (χ1v) is 12.6. The minimum atomic E-state index is -0.405. The first kappa shape index (κ1) is 29.5. The first-order chi connectivity index (χ1) is 18.4. The first-order valence-electron chi connectivity index (χ1n) is 11.8. The van der Waals surface area contributed by atoms with Crippen LogP contribution in [0.1, 0.15) is 16.8 Å². The van der Waals surface area contributed by atoms with E-state index in [9.17, 15) is 15.2 Å². The third kappa shape index (κ3) is 6.33. The Bertz CT molecular complexity index is 1800. The summed E-state index contributed by atoms with van der Waals surface area (Å²) in [5.41, 5.74) is 4.34. The number of nitrogens with zero attached hydrogens (tertiary/aromatic N) is 4. The van der Waals surface area contributed by atoms with Gasteiger partial charge < -0.3 is 25.2 Å². The number of rotatable bonds is 7. The van der Waals surface area contributed by atoms with Crippen molar-refractivity contribution in [1.29, 1.82) is 0 Å². The SMILES string of the molecule is C=C(O)c1ccc(Cn2c(=Nc3ccccc3)s/c(=C\c3cccn3-c3ccc([N+](=O)[O-])cc3)c2=C)cc1.O.O. The molecule has 204 valence electrons. The summed E-state index contributed by atoms with van der Waals surface area (Å²) >= 11 is 1.54. The molecule has 0 bridgehead atoms. The molecule has 0 atom stereocenters. The monoisotopic (exact) mass is 556 g/mol. The molecular formula is C30H28N4O5S. The van der Waals surface area contributed by atoms with E-state index >= 15 is 0 Å². The summed E-state index contributed by atoms with van der Waals surface area (Å²) in [6.45, 7) is 8.52. The van der Waals surface area contributed by atoms with E-state index in [1.54, 1.807) is 12.1 Å². The maximum Gasteiger partial charge on any atom is 0.269 e. The van der Waals surface area contributed by atoms with Gasteiger partial charge in [-0.05, 0) is 48.0 Å². The van der Waals surface area contributed by atoms with E-state index in [4.69, 9.17) is 4.99 Å². The molecule has 40 heavy (non-hydrogen) atoms. The molecule has 0 saturated carbocycles. The van der Waals surface area contributed by atoms with Crippen LogP contribution in [0.3, 0.4) is 0 Å². The molecule has 0 aliphatic heterocycles. The number of nitro groups is 1. The molecule has 5 aromatic rings. The van der Waals surface area contributed by atoms with Crippen molar-refractivity contribution in [1.82, 2.24) is 9.13 Å². The van der Waals surface area contributed by atoms with Crippen molar-refractivity contribution in [3.63, 3.8) is 0 Å². The van der Waals surface area contributed by atoms with Crippen molar-refractivity contribution in [2.75, 3.05) is 0 Å². The fourth-order valence-electron chi connectivity index (χ4n) is 4.03. The number of benzene rings is 3. The van der Waals surface area contributed by atoms with Gasteiger partial charge in [0, 0.05) is 35.3 Å². The van der Waals surface area contributed by atoms with Crippen LogP contribution in [-0.2, 0) is 6.54 Å². The summed E-state index contributed by atoms with van der Waals surface area (Å²) in [7, 11) is 0. The van der Waals surface area contributed by atoms with Crippen LogP contribution in [0, 0.1) is 10.1 Å². The van der Waals surface area contributed by atoms with E-state index in [-0.39, 0.29) is 22.4 Å². The predicted molar refractivity (Wildman–Crippen MR) is 159 cm³/mol. The van der Waals surface area contributed by atoms with Crippen molar-refractivity contribution in [2.45, 2.75) is 6.54 Å². The van der Waals surface area contributed by atoms with E-state index < -0.39 is 4.92 Å². The minimum absolute atomic E-state index is 0. The van der Waals surface area contributed by atoms with Crippen LogP contribution in [-0.4, -0.2) is 30.1 Å². The molecular weight excluding hydrogens is 528 g/mol. The van der Waals surface area contributed by atoms with Gasteiger partial charge in [-0.25, -0.2) is 4.99 Å². The lowest BCUT2D eigenvalue weighted by Crippen LogP contribution is -2.31. The average Bonchev–Trinajstić information content (AvgIpc) is 3.50. The van der Waals surface area contributed by atoms with Crippen LogP contribution >= 0.6 is 11.3 Å². The smallest absolute Gasteiger partial charge is 0.269 e. The van der Waals surface area contributed by atoms with Crippen LogP contribution < -0.4 is 14.7 Å². The highest BCUT2D eigenvalue weighted by molar-refractivity contribution is 7.07.